The lowest BCUT2D eigenvalue weighted by Crippen LogP contribution is -2.20. The Bertz CT molecular complexity index is 652. The molecule has 110 valence electrons. The maximum atomic E-state index is 12.9. The number of benzene rings is 1. The van der Waals surface area contributed by atoms with Crippen molar-refractivity contribution in [2.24, 2.45) is 5.73 Å². The smallest absolute Gasteiger partial charge is 0.389 e. The number of alkyl halides is 3. The summed E-state index contributed by atoms with van der Waals surface area (Å²) in [6.07, 6.45) is -3.63. The van der Waals surface area contributed by atoms with Crippen LogP contribution in [0.15, 0.2) is 18.2 Å². The second kappa shape index (κ2) is 4.88. The molecule has 1 fully saturated rings. The van der Waals surface area contributed by atoms with Crippen LogP contribution in [0.5, 0.6) is 0 Å². The van der Waals surface area contributed by atoms with Gasteiger partial charge in [-0.05, 0) is 31.0 Å². The van der Waals surface area contributed by atoms with Crippen LogP contribution in [-0.4, -0.2) is 18.7 Å². The van der Waals surface area contributed by atoms with Crippen molar-refractivity contribution in [2.75, 3.05) is 4.72 Å². The Balaban J connectivity index is 2.40. The van der Waals surface area contributed by atoms with Crippen LogP contribution in [0.25, 0.3) is 0 Å². The molecule has 20 heavy (non-hydrogen) atoms. The molecule has 4 nitrogen and oxygen atoms in total. The summed E-state index contributed by atoms with van der Waals surface area (Å²) in [6, 6.07) is 2.98. The highest BCUT2D eigenvalue weighted by Gasteiger charge is 2.37. The second-order valence-corrected chi connectivity index (χ2v) is 6.87. The van der Waals surface area contributed by atoms with Crippen molar-refractivity contribution >= 4 is 32.9 Å². The number of nitrogens with two attached hydrogens (primary N) is 1. The van der Waals surface area contributed by atoms with E-state index in [1.165, 1.54) is 6.07 Å². The molecule has 0 amide bonds. The van der Waals surface area contributed by atoms with Gasteiger partial charge >= 0.3 is 6.18 Å². The lowest BCUT2D eigenvalue weighted by Gasteiger charge is -2.14. The van der Waals surface area contributed by atoms with Crippen LogP contribution in [0.4, 0.5) is 18.9 Å². The molecule has 0 bridgehead atoms. The Hall–Kier alpha value is -1.35. The van der Waals surface area contributed by atoms with Crippen molar-refractivity contribution in [3.8, 4) is 0 Å². The van der Waals surface area contributed by atoms with Gasteiger partial charge in [-0.3, -0.25) is 4.72 Å². The monoisotopic (exact) mass is 324 g/mol. The van der Waals surface area contributed by atoms with Gasteiger partial charge in [-0.25, -0.2) is 8.42 Å². The first kappa shape index (κ1) is 15.0. The van der Waals surface area contributed by atoms with Crippen LogP contribution < -0.4 is 10.5 Å². The van der Waals surface area contributed by atoms with E-state index in [0.29, 0.717) is 18.9 Å². The highest BCUT2D eigenvalue weighted by atomic mass is 32.2. The summed E-state index contributed by atoms with van der Waals surface area (Å²) >= 11 is 4.56. The minimum Gasteiger partial charge on any atom is -0.389 e. The normalized spacial score (nSPS) is 15.9. The molecule has 9 heteroatoms. The number of sulfonamides is 1. The summed E-state index contributed by atoms with van der Waals surface area (Å²) < 4.78 is 64.2. The predicted octanol–water partition coefficient (Wildman–Crippen LogP) is 2.24. The highest BCUT2D eigenvalue weighted by Crippen LogP contribution is 2.35. The van der Waals surface area contributed by atoms with E-state index in [9.17, 15) is 21.6 Å². The number of rotatable bonds is 4. The molecular weight excluding hydrogens is 313 g/mol. The molecule has 0 aromatic heterocycles. The summed E-state index contributed by atoms with van der Waals surface area (Å²) in [7, 11) is -3.62. The summed E-state index contributed by atoms with van der Waals surface area (Å²) in [4.78, 5) is -0.395. The van der Waals surface area contributed by atoms with Crippen molar-refractivity contribution in [1.82, 2.24) is 0 Å². The van der Waals surface area contributed by atoms with Gasteiger partial charge in [0.1, 0.15) is 4.99 Å². The zero-order chi connectivity index (χ0) is 15.1. The van der Waals surface area contributed by atoms with E-state index in [0.717, 1.165) is 6.07 Å². The Kier molecular flexibility index (Phi) is 3.67. The largest absolute Gasteiger partial charge is 0.417 e. The molecule has 0 aliphatic heterocycles. The van der Waals surface area contributed by atoms with Crippen molar-refractivity contribution in [2.45, 2.75) is 24.3 Å². The number of halogens is 3. The molecule has 3 N–H and O–H groups in total. The molecule has 1 aromatic rings. The maximum absolute atomic E-state index is 12.9. The van der Waals surface area contributed by atoms with Crippen LogP contribution in [0.3, 0.4) is 0 Å². The SMILES string of the molecule is NC(=S)c1ccc(NS(=O)(=O)C2CC2)cc1C(F)(F)F. The first-order chi connectivity index (χ1) is 9.11. The van der Waals surface area contributed by atoms with E-state index in [1.54, 1.807) is 0 Å². The third-order valence-electron chi connectivity index (χ3n) is 2.81. The van der Waals surface area contributed by atoms with E-state index in [2.05, 4.69) is 16.9 Å². The summed E-state index contributed by atoms with van der Waals surface area (Å²) in [5, 5.41) is -0.521. The Morgan fingerprint density at radius 2 is 1.95 bits per heavy atom. The Labute approximate surface area is 119 Å². The first-order valence-electron chi connectivity index (χ1n) is 5.64. The van der Waals surface area contributed by atoms with Crippen LogP contribution in [0, 0.1) is 0 Å². The lowest BCUT2D eigenvalue weighted by atomic mass is 10.1. The van der Waals surface area contributed by atoms with Crippen LogP contribution in [0.2, 0.25) is 0 Å². The highest BCUT2D eigenvalue weighted by molar-refractivity contribution is 7.93. The number of anilines is 1. The van der Waals surface area contributed by atoms with Gasteiger partial charge in [0.2, 0.25) is 10.0 Å². The molecular formula is C11H11F3N2O2S2. The second-order valence-electron chi connectivity index (χ2n) is 4.47. The average molecular weight is 324 g/mol. The molecule has 1 aliphatic carbocycles. The fraction of sp³-hybridized carbons (Fsp3) is 0.364. The molecule has 1 saturated carbocycles. The van der Waals surface area contributed by atoms with Crippen molar-refractivity contribution in [1.29, 1.82) is 0 Å². The lowest BCUT2D eigenvalue weighted by molar-refractivity contribution is -0.137. The van der Waals surface area contributed by atoms with Crippen LogP contribution >= 0.6 is 12.2 Å². The molecule has 0 unspecified atom stereocenters. The molecule has 1 aliphatic rings. The molecule has 0 radical (unpaired) electrons. The van der Waals surface area contributed by atoms with Gasteiger partial charge in [0.15, 0.2) is 0 Å². The molecule has 2 rings (SSSR count). The quantitative estimate of drug-likeness (QED) is 0.833. The minimum atomic E-state index is -4.67. The Morgan fingerprint density at radius 3 is 2.40 bits per heavy atom. The van der Waals surface area contributed by atoms with E-state index in [-0.39, 0.29) is 11.3 Å². The van der Waals surface area contributed by atoms with Crippen LogP contribution in [-0.2, 0) is 16.2 Å². The number of hydrogen-bond acceptors (Lipinski definition) is 3. The van der Waals surface area contributed by atoms with Gasteiger partial charge in [-0.2, -0.15) is 13.2 Å². The fourth-order valence-electron chi connectivity index (χ4n) is 1.68. The average Bonchev–Trinajstić information content (AvgIpc) is 3.10. The number of hydrogen-bond donors (Lipinski definition) is 2. The number of nitrogens with one attached hydrogen (secondary N) is 1. The molecule has 0 spiro atoms. The maximum Gasteiger partial charge on any atom is 0.417 e. The molecule has 0 saturated heterocycles. The van der Waals surface area contributed by atoms with Gasteiger partial charge in [0, 0.05) is 11.3 Å². The molecule has 0 atom stereocenters. The summed E-state index contributed by atoms with van der Waals surface area (Å²) in [5.74, 6) is 0. The molecule has 1 aromatic carbocycles. The third-order valence-corrected chi connectivity index (χ3v) is 4.90. The third kappa shape index (κ3) is 3.21. The fourth-order valence-corrected chi connectivity index (χ4v) is 3.24. The Morgan fingerprint density at radius 1 is 1.35 bits per heavy atom. The van der Waals surface area contributed by atoms with E-state index < -0.39 is 32.0 Å². The van der Waals surface area contributed by atoms with Gasteiger partial charge in [-0.1, -0.05) is 12.2 Å². The molecule has 0 heterocycles. The topological polar surface area (TPSA) is 72.2 Å². The summed E-state index contributed by atoms with van der Waals surface area (Å²) in [5.41, 5.74) is 3.70. The van der Waals surface area contributed by atoms with Gasteiger partial charge in [-0.15, -0.1) is 0 Å². The number of thiocarbonyl (C=S) groups is 1. The van der Waals surface area contributed by atoms with E-state index >= 15 is 0 Å². The summed E-state index contributed by atoms with van der Waals surface area (Å²) in [6.45, 7) is 0. The zero-order valence-electron chi connectivity index (χ0n) is 10.1. The van der Waals surface area contributed by atoms with Crippen LogP contribution in [0.1, 0.15) is 24.0 Å². The predicted molar refractivity (Wildman–Crippen MR) is 72.9 cm³/mol. The van der Waals surface area contributed by atoms with Crippen molar-refractivity contribution in [3.63, 3.8) is 0 Å². The van der Waals surface area contributed by atoms with Gasteiger partial charge < -0.3 is 5.73 Å². The zero-order valence-corrected chi connectivity index (χ0v) is 11.7. The standard InChI is InChI=1S/C11H11F3N2O2S2/c12-11(13,14)9-5-6(1-4-8(9)10(15)19)16-20(17,18)7-2-3-7/h1,4-5,7,16H,2-3H2,(H2,15,19). The van der Waals surface area contributed by atoms with E-state index in [4.69, 9.17) is 5.73 Å². The van der Waals surface area contributed by atoms with Crippen molar-refractivity contribution < 1.29 is 21.6 Å². The van der Waals surface area contributed by atoms with Crippen molar-refractivity contribution in [3.05, 3.63) is 29.3 Å². The van der Waals surface area contributed by atoms with E-state index in [1.807, 2.05) is 0 Å². The van der Waals surface area contributed by atoms with Gasteiger partial charge in [0.25, 0.3) is 0 Å². The van der Waals surface area contributed by atoms with Gasteiger partial charge in [0.05, 0.1) is 10.8 Å². The first-order valence-corrected chi connectivity index (χ1v) is 7.59. The minimum absolute atomic E-state index is 0.149.